The van der Waals surface area contributed by atoms with E-state index in [-0.39, 0.29) is 17.5 Å². The van der Waals surface area contributed by atoms with Crippen LogP contribution in [0, 0.1) is 0 Å². The SMILES string of the molecule is COc1ncc(-c2cc(NC(=O)c3cccc(CN4CCN(C(C)C)C(C)C4)n3)c3cn[nH]c3c2)cc1NS(C)(=O)=O. The second-order valence-corrected chi connectivity index (χ2v) is 12.6. The topological polar surface area (TPSA) is 145 Å². The van der Waals surface area contributed by atoms with Crippen LogP contribution in [0.15, 0.2) is 48.8 Å². The van der Waals surface area contributed by atoms with Crippen molar-refractivity contribution in [2.75, 3.05) is 43.0 Å². The largest absolute Gasteiger partial charge is 0.480 e. The molecular weight excluding hydrogens is 556 g/mol. The van der Waals surface area contributed by atoms with E-state index in [9.17, 15) is 13.2 Å². The van der Waals surface area contributed by atoms with Gasteiger partial charge in [0.05, 0.1) is 36.5 Å². The lowest BCUT2D eigenvalue weighted by Crippen LogP contribution is -2.53. The van der Waals surface area contributed by atoms with Crippen LogP contribution in [0.3, 0.4) is 0 Å². The number of H-pyrrole nitrogens is 1. The summed E-state index contributed by atoms with van der Waals surface area (Å²) in [6.45, 7) is 10.3. The Hall–Kier alpha value is -4.07. The van der Waals surface area contributed by atoms with E-state index in [1.54, 1.807) is 30.6 Å². The predicted molar refractivity (Wildman–Crippen MR) is 163 cm³/mol. The predicted octanol–water partition coefficient (Wildman–Crippen LogP) is 3.57. The summed E-state index contributed by atoms with van der Waals surface area (Å²) in [6, 6.07) is 11.7. The molecule has 222 valence electrons. The van der Waals surface area contributed by atoms with Crippen LogP contribution in [-0.2, 0) is 16.6 Å². The Balaban J connectivity index is 1.38. The van der Waals surface area contributed by atoms with Crippen molar-refractivity contribution in [3.05, 3.63) is 60.2 Å². The molecule has 0 aliphatic carbocycles. The molecule has 1 aromatic carbocycles. The van der Waals surface area contributed by atoms with Gasteiger partial charge >= 0.3 is 0 Å². The minimum atomic E-state index is -3.57. The number of benzene rings is 1. The number of fused-ring (bicyclic) bond motifs is 1. The van der Waals surface area contributed by atoms with E-state index in [1.807, 2.05) is 18.2 Å². The van der Waals surface area contributed by atoms with Gasteiger partial charge in [-0.3, -0.25) is 24.4 Å². The van der Waals surface area contributed by atoms with Crippen LogP contribution >= 0.6 is 0 Å². The molecule has 0 saturated carbocycles. The summed E-state index contributed by atoms with van der Waals surface area (Å²) >= 11 is 0. The van der Waals surface area contributed by atoms with Gasteiger partial charge in [0.15, 0.2) is 0 Å². The molecule has 0 bridgehead atoms. The lowest BCUT2D eigenvalue weighted by Gasteiger charge is -2.42. The third kappa shape index (κ3) is 6.69. The van der Waals surface area contributed by atoms with E-state index in [2.05, 4.69) is 60.8 Å². The molecule has 0 radical (unpaired) electrons. The molecule has 5 rings (SSSR count). The third-order valence-electron chi connectivity index (χ3n) is 7.33. The maximum absolute atomic E-state index is 13.4. The zero-order valence-corrected chi connectivity index (χ0v) is 25.2. The van der Waals surface area contributed by atoms with Gasteiger partial charge in [-0.15, -0.1) is 0 Å². The van der Waals surface area contributed by atoms with Gasteiger partial charge < -0.3 is 10.1 Å². The number of hydrogen-bond donors (Lipinski definition) is 3. The molecule has 1 amide bonds. The molecule has 1 saturated heterocycles. The first kappa shape index (κ1) is 29.4. The van der Waals surface area contributed by atoms with Crippen LogP contribution in [0.4, 0.5) is 11.4 Å². The number of pyridine rings is 2. The fraction of sp³-hybridized carbons (Fsp3) is 0.379. The van der Waals surface area contributed by atoms with Crippen LogP contribution in [0.2, 0.25) is 0 Å². The first-order valence-corrected chi connectivity index (χ1v) is 15.6. The highest BCUT2D eigenvalue weighted by Crippen LogP contribution is 2.33. The number of aromatic amines is 1. The molecule has 0 spiro atoms. The van der Waals surface area contributed by atoms with Crippen LogP contribution < -0.4 is 14.8 Å². The molecule has 1 aliphatic rings. The number of methoxy groups -OCH3 is 1. The van der Waals surface area contributed by atoms with Gasteiger partial charge in [0, 0.05) is 55.4 Å². The first-order valence-electron chi connectivity index (χ1n) is 13.8. The number of carbonyl (C=O) groups is 1. The quantitative estimate of drug-likeness (QED) is 0.266. The standard InChI is InChI=1S/C29H36N8O4S/c1-18(2)37-10-9-36(16-19(37)3)17-22-7-6-8-24(32-22)28(38)33-25-11-20(12-26-23(25)15-31-34-26)21-13-27(35-42(5,39)40)29(41-4)30-14-21/h6-8,11-15,18-19,35H,9-10,16-17H2,1-5H3,(H,31,34)(H,33,38). The molecule has 13 heteroatoms. The summed E-state index contributed by atoms with van der Waals surface area (Å²) in [4.78, 5) is 27.2. The number of aromatic nitrogens is 4. The summed E-state index contributed by atoms with van der Waals surface area (Å²) in [5.41, 5.74) is 3.87. The van der Waals surface area contributed by atoms with Gasteiger partial charge in [-0.1, -0.05) is 6.07 Å². The van der Waals surface area contributed by atoms with Gasteiger partial charge in [0.2, 0.25) is 15.9 Å². The number of amides is 1. The molecule has 1 aliphatic heterocycles. The average molecular weight is 593 g/mol. The molecule has 1 fully saturated rings. The molecule has 3 N–H and O–H groups in total. The Kier molecular flexibility index (Phi) is 8.43. The number of anilines is 2. The van der Waals surface area contributed by atoms with Gasteiger partial charge in [-0.05, 0) is 56.7 Å². The molecule has 42 heavy (non-hydrogen) atoms. The number of piperazine rings is 1. The summed E-state index contributed by atoms with van der Waals surface area (Å²) in [5, 5.41) is 10.8. The summed E-state index contributed by atoms with van der Waals surface area (Å²) in [5.74, 6) is -0.204. The number of ether oxygens (including phenoxy) is 1. The highest BCUT2D eigenvalue weighted by Gasteiger charge is 2.25. The summed E-state index contributed by atoms with van der Waals surface area (Å²) in [7, 11) is -2.15. The van der Waals surface area contributed by atoms with Crippen molar-refractivity contribution >= 4 is 38.2 Å². The summed E-state index contributed by atoms with van der Waals surface area (Å²) < 4.78 is 31.4. The number of hydrogen-bond acceptors (Lipinski definition) is 9. The highest BCUT2D eigenvalue weighted by atomic mass is 32.2. The van der Waals surface area contributed by atoms with Crippen LogP contribution in [-0.4, -0.2) is 89.4 Å². The number of nitrogens with one attached hydrogen (secondary N) is 3. The second-order valence-electron chi connectivity index (χ2n) is 10.9. The monoisotopic (exact) mass is 592 g/mol. The maximum Gasteiger partial charge on any atom is 0.274 e. The van der Waals surface area contributed by atoms with E-state index >= 15 is 0 Å². The van der Waals surface area contributed by atoms with Gasteiger partial charge in [-0.25, -0.2) is 18.4 Å². The molecule has 4 heterocycles. The van der Waals surface area contributed by atoms with E-state index in [1.165, 1.54) is 7.11 Å². The smallest absolute Gasteiger partial charge is 0.274 e. The lowest BCUT2D eigenvalue weighted by atomic mass is 10.0. The van der Waals surface area contributed by atoms with Gasteiger partial charge in [-0.2, -0.15) is 5.10 Å². The zero-order valence-electron chi connectivity index (χ0n) is 24.4. The zero-order chi connectivity index (χ0) is 30.0. The third-order valence-corrected chi connectivity index (χ3v) is 7.92. The molecule has 12 nitrogen and oxygen atoms in total. The van der Waals surface area contributed by atoms with Crippen LogP contribution in [0.25, 0.3) is 22.0 Å². The Morgan fingerprint density at radius 3 is 2.64 bits per heavy atom. The fourth-order valence-electron chi connectivity index (χ4n) is 5.43. The van der Waals surface area contributed by atoms with Crippen molar-refractivity contribution in [1.82, 2.24) is 30.0 Å². The van der Waals surface area contributed by atoms with E-state index < -0.39 is 10.0 Å². The number of rotatable bonds is 9. The van der Waals surface area contributed by atoms with Gasteiger partial charge in [0.25, 0.3) is 5.91 Å². The molecular formula is C29H36N8O4S. The Bertz CT molecular complexity index is 1710. The van der Waals surface area contributed by atoms with Crippen molar-refractivity contribution in [2.45, 2.75) is 39.4 Å². The number of nitrogens with zero attached hydrogens (tertiary/aromatic N) is 5. The Labute approximate surface area is 245 Å². The highest BCUT2D eigenvalue weighted by molar-refractivity contribution is 7.92. The molecule has 1 unspecified atom stereocenters. The van der Waals surface area contributed by atoms with Crippen molar-refractivity contribution < 1.29 is 17.9 Å². The Morgan fingerprint density at radius 1 is 1.14 bits per heavy atom. The fourth-order valence-corrected chi connectivity index (χ4v) is 5.98. The van der Waals surface area contributed by atoms with E-state index in [0.717, 1.165) is 37.0 Å². The normalized spacial score (nSPS) is 16.6. The van der Waals surface area contributed by atoms with Crippen LogP contribution in [0.5, 0.6) is 5.88 Å². The maximum atomic E-state index is 13.4. The summed E-state index contributed by atoms with van der Waals surface area (Å²) in [6.07, 6.45) is 4.27. The number of carbonyl (C=O) groups excluding carboxylic acids is 1. The van der Waals surface area contributed by atoms with E-state index in [4.69, 9.17) is 4.74 Å². The molecule has 3 aromatic heterocycles. The molecule has 1 atom stereocenters. The average Bonchev–Trinajstić information content (AvgIpc) is 3.41. The lowest BCUT2D eigenvalue weighted by molar-refractivity contribution is 0.0558. The van der Waals surface area contributed by atoms with Crippen molar-refractivity contribution in [3.8, 4) is 17.0 Å². The second kappa shape index (κ2) is 12.0. The number of sulfonamides is 1. The van der Waals surface area contributed by atoms with Gasteiger partial charge in [0.1, 0.15) is 11.4 Å². The molecule has 4 aromatic rings. The van der Waals surface area contributed by atoms with Crippen molar-refractivity contribution in [3.63, 3.8) is 0 Å². The first-order chi connectivity index (χ1) is 20.0. The minimum absolute atomic E-state index is 0.141. The van der Waals surface area contributed by atoms with Crippen molar-refractivity contribution in [2.24, 2.45) is 0 Å². The Morgan fingerprint density at radius 2 is 1.93 bits per heavy atom. The van der Waals surface area contributed by atoms with E-state index in [0.29, 0.717) is 46.7 Å². The van der Waals surface area contributed by atoms with Crippen LogP contribution in [0.1, 0.15) is 37.0 Å². The van der Waals surface area contributed by atoms with Crippen molar-refractivity contribution in [1.29, 1.82) is 0 Å². The minimum Gasteiger partial charge on any atom is -0.480 e.